The van der Waals surface area contributed by atoms with Gasteiger partial charge in [-0.15, -0.1) is 11.3 Å². The Kier molecular flexibility index (Phi) is 2.87. The number of nitrogens with one attached hydrogen (secondary N) is 2. The average Bonchev–Trinajstić information content (AvgIpc) is 2.89. The molecule has 0 fully saturated rings. The van der Waals surface area contributed by atoms with E-state index in [0.717, 1.165) is 21.5 Å². The summed E-state index contributed by atoms with van der Waals surface area (Å²) in [7, 11) is 0. The Bertz CT molecular complexity index is 723. The number of carbonyl (C=O) groups excluding carboxylic acids is 1. The van der Waals surface area contributed by atoms with E-state index in [4.69, 9.17) is 0 Å². The Morgan fingerprint density at radius 3 is 2.74 bits per heavy atom. The second-order valence-electron chi connectivity index (χ2n) is 4.59. The Labute approximate surface area is 115 Å². The van der Waals surface area contributed by atoms with Gasteiger partial charge in [-0.25, -0.2) is 0 Å². The highest BCUT2D eigenvalue weighted by atomic mass is 32.1. The van der Waals surface area contributed by atoms with Crippen molar-refractivity contribution >= 4 is 33.1 Å². The van der Waals surface area contributed by atoms with Crippen LogP contribution in [0.2, 0.25) is 0 Å². The number of fused-ring (bicyclic) bond motifs is 1. The minimum Gasteiger partial charge on any atom is -0.350 e. The molecule has 96 valence electrons. The molecule has 3 rings (SSSR count). The molecule has 0 unspecified atom stereocenters. The Morgan fingerprint density at radius 2 is 2.00 bits per heavy atom. The van der Waals surface area contributed by atoms with E-state index in [-0.39, 0.29) is 5.91 Å². The van der Waals surface area contributed by atoms with E-state index in [0.29, 0.717) is 5.69 Å². The lowest BCUT2D eigenvalue weighted by molar-refractivity contribution is 0.102. The van der Waals surface area contributed by atoms with Crippen LogP contribution in [0.3, 0.4) is 0 Å². The summed E-state index contributed by atoms with van der Waals surface area (Å²) in [5, 5.41) is 2.93. The fraction of sp³-hybridized carbons (Fsp3) is 0.133. The van der Waals surface area contributed by atoms with E-state index in [2.05, 4.69) is 23.3 Å². The van der Waals surface area contributed by atoms with Gasteiger partial charge in [0.05, 0.1) is 10.2 Å². The lowest BCUT2D eigenvalue weighted by Crippen LogP contribution is -2.12. The van der Waals surface area contributed by atoms with E-state index in [1.807, 2.05) is 37.3 Å². The normalized spacial score (nSPS) is 10.8. The molecule has 0 aliphatic rings. The van der Waals surface area contributed by atoms with Gasteiger partial charge in [-0.1, -0.05) is 18.2 Å². The third kappa shape index (κ3) is 2.27. The van der Waals surface area contributed by atoms with Crippen molar-refractivity contribution in [3.05, 3.63) is 52.5 Å². The lowest BCUT2D eigenvalue weighted by Gasteiger charge is -2.06. The first-order valence-corrected chi connectivity index (χ1v) is 6.91. The fourth-order valence-corrected chi connectivity index (χ4v) is 2.99. The second-order valence-corrected chi connectivity index (χ2v) is 5.87. The molecule has 0 aliphatic carbocycles. The standard InChI is InChI=1S/C15H14N2OS/c1-9-5-3-4-6-11(9)17-15(18)13-8-14-12(16-13)7-10(2)19-14/h3-8,16H,1-2H3,(H,17,18). The van der Waals surface area contributed by atoms with E-state index in [1.165, 1.54) is 4.88 Å². The van der Waals surface area contributed by atoms with Crippen LogP contribution < -0.4 is 5.32 Å². The van der Waals surface area contributed by atoms with Gasteiger partial charge in [0.1, 0.15) is 5.69 Å². The number of anilines is 1. The van der Waals surface area contributed by atoms with Crippen LogP contribution in [-0.2, 0) is 0 Å². The van der Waals surface area contributed by atoms with Gasteiger partial charge in [0, 0.05) is 10.6 Å². The summed E-state index contributed by atoms with van der Waals surface area (Å²) in [4.78, 5) is 16.6. The molecule has 0 radical (unpaired) electrons. The Hall–Kier alpha value is -2.07. The molecule has 0 bridgehead atoms. The lowest BCUT2D eigenvalue weighted by atomic mass is 10.2. The number of amides is 1. The number of aryl methyl sites for hydroxylation is 2. The zero-order valence-corrected chi connectivity index (χ0v) is 11.6. The zero-order valence-electron chi connectivity index (χ0n) is 10.8. The van der Waals surface area contributed by atoms with Gasteiger partial charge in [0.15, 0.2) is 0 Å². The van der Waals surface area contributed by atoms with Crippen LogP contribution in [0.15, 0.2) is 36.4 Å². The maximum Gasteiger partial charge on any atom is 0.272 e. The number of aromatic amines is 1. The maximum absolute atomic E-state index is 12.2. The van der Waals surface area contributed by atoms with Gasteiger partial charge >= 0.3 is 0 Å². The third-order valence-corrected chi connectivity index (χ3v) is 4.06. The molecular weight excluding hydrogens is 256 g/mol. The number of rotatable bonds is 2. The topological polar surface area (TPSA) is 44.9 Å². The number of para-hydroxylation sites is 1. The molecule has 2 aromatic heterocycles. The highest BCUT2D eigenvalue weighted by molar-refractivity contribution is 7.19. The van der Waals surface area contributed by atoms with Gasteiger partial charge < -0.3 is 10.3 Å². The quantitative estimate of drug-likeness (QED) is 0.723. The maximum atomic E-state index is 12.2. The van der Waals surface area contributed by atoms with Gasteiger partial charge in [-0.05, 0) is 37.6 Å². The van der Waals surface area contributed by atoms with Crippen molar-refractivity contribution in [2.75, 3.05) is 5.32 Å². The molecule has 19 heavy (non-hydrogen) atoms. The molecule has 0 saturated carbocycles. The molecule has 1 amide bonds. The van der Waals surface area contributed by atoms with E-state index in [1.54, 1.807) is 11.3 Å². The molecule has 2 heterocycles. The van der Waals surface area contributed by atoms with E-state index in [9.17, 15) is 4.79 Å². The highest BCUT2D eigenvalue weighted by Crippen LogP contribution is 2.26. The van der Waals surface area contributed by atoms with Crippen LogP contribution in [0.1, 0.15) is 20.9 Å². The second kappa shape index (κ2) is 4.55. The SMILES string of the molecule is Cc1cc2[nH]c(C(=O)Nc3ccccc3C)cc2s1. The molecule has 3 nitrogen and oxygen atoms in total. The minimum absolute atomic E-state index is 0.102. The highest BCUT2D eigenvalue weighted by Gasteiger charge is 2.11. The summed E-state index contributed by atoms with van der Waals surface area (Å²) in [6.07, 6.45) is 0. The van der Waals surface area contributed by atoms with E-state index < -0.39 is 0 Å². The van der Waals surface area contributed by atoms with Crippen molar-refractivity contribution in [1.29, 1.82) is 0 Å². The number of carbonyl (C=O) groups is 1. The third-order valence-electron chi connectivity index (χ3n) is 3.07. The molecule has 0 saturated heterocycles. The molecule has 3 aromatic rings. The summed E-state index contributed by atoms with van der Waals surface area (Å²) in [5.41, 5.74) is 3.53. The number of hydrogen-bond acceptors (Lipinski definition) is 2. The van der Waals surface area contributed by atoms with Gasteiger partial charge in [-0.3, -0.25) is 4.79 Å². The van der Waals surface area contributed by atoms with Crippen molar-refractivity contribution in [3.63, 3.8) is 0 Å². The zero-order chi connectivity index (χ0) is 13.4. The molecule has 0 atom stereocenters. The molecule has 0 aliphatic heterocycles. The van der Waals surface area contributed by atoms with Crippen LogP contribution in [0.4, 0.5) is 5.69 Å². The van der Waals surface area contributed by atoms with Gasteiger partial charge in [0.25, 0.3) is 5.91 Å². The molecule has 4 heteroatoms. The first kappa shape index (κ1) is 12.0. The number of benzene rings is 1. The molecular formula is C15H14N2OS. The number of thiophene rings is 1. The number of aromatic nitrogens is 1. The van der Waals surface area contributed by atoms with Crippen molar-refractivity contribution in [3.8, 4) is 0 Å². The van der Waals surface area contributed by atoms with Crippen molar-refractivity contribution < 1.29 is 4.79 Å². The van der Waals surface area contributed by atoms with Crippen LogP contribution in [-0.4, -0.2) is 10.9 Å². The van der Waals surface area contributed by atoms with Crippen LogP contribution in [0, 0.1) is 13.8 Å². The summed E-state index contributed by atoms with van der Waals surface area (Å²) >= 11 is 1.69. The Morgan fingerprint density at radius 1 is 1.21 bits per heavy atom. The fourth-order valence-electron chi connectivity index (χ4n) is 2.07. The monoisotopic (exact) mass is 270 g/mol. The summed E-state index contributed by atoms with van der Waals surface area (Å²) in [5.74, 6) is -0.102. The smallest absolute Gasteiger partial charge is 0.272 e. The Balaban J connectivity index is 1.87. The van der Waals surface area contributed by atoms with Crippen molar-refractivity contribution in [2.24, 2.45) is 0 Å². The summed E-state index contributed by atoms with van der Waals surface area (Å²) < 4.78 is 1.12. The van der Waals surface area contributed by atoms with Gasteiger partial charge in [-0.2, -0.15) is 0 Å². The predicted molar refractivity (Wildman–Crippen MR) is 80.0 cm³/mol. The summed E-state index contributed by atoms with van der Waals surface area (Å²) in [6, 6.07) is 11.7. The number of hydrogen-bond donors (Lipinski definition) is 2. The van der Waals surface area contributed by atoms with Crippen LogP contribution >= 0.6 is 11.3 Å². The van der Waals surface area contributed by atoms with E-state index >= 15 is 0 Å². The summed E-state index contributed by atoms with van der Waals surface area (Å²) in [6.45, 7) is 4.04. The minimum atomic E-state index is -0.102. The van der Waals surface area contributed by atoms with Gasteiger partial charge in [0.2, 0.25) is 0 Å². The predicted octanol–water partition coefficient (Wildman–Crippen LogP) is 4.10. The molecule has 0 spiro atoms. The molecule has 1 aromatic carbocycles. The first-order chi connectivity index (χ1) is 9.13. The largest absolute Gasteiger partial charge is 0.350 e. The average molecular weight is 270 g/mol. The molecule has 2 N–H and O–H groups in total. The first-order valence-electron chi connectivity index (χ1n) is 6.09. The number of H-pyrrole nitrogens is 1. The van der Waals surface area contributed by atoms with Crippen LogP contribution in [0.25, 0.3) is 10.2 Å². The van der Waals surface area contributed by atoms with Crippen molar-refractivity contribution in [1.82, 2.24) is 4.98 Å². The van der Waals surface area contributed by atoms with Crippen LogP contribution in [0.5, 0.6) is 0 Å². The van der Waals surface area contributed by atoms with Crippen molar-refractivity contribution in [2.45, 2.75) is 13.8 Å².